The van der Waals surface area contributed by atoms with Crippen LogP contribution in [0.25, 0.3) is 0 Å². The van der Waals surface area contributed by atoms with Gasteiger partial charge in [-0.1, -0.05) is 18.2 Å². The van der Waals surface area contributed by atoms with Gasteiger partial charge in [0, 0.05) is 17.3 Å². The number of nitrogens with one attached hydrogen (secondary N) is 2. The van der Waals surface area contributed by atoms with Gasteiger partial charge < -0.3 is 5.32 Å². The Morgan fingerprint density at radius 1 is 0.909 bits per heavy atom. The van der Waals surface area contributed by atoms with Crippen LogP contribution in [0.4, 0.5) is 11.4 Å². The molecule has 0 atom stereocenters. The summed E-state index contributed by atoms with van der Waals surface area (Å²) in [6, 6.07) is 14.8. The number of sulfonamides is 1. The lowest BCUT2D eigenvalue weighted by Gasteiger charge is -2.09. The number of benzene rings is 2. The molecule has 0 aromatic heterocycles. The monoisotopic (exact) mass is 316 g/mol. The van der Waals surface area contributed by atoms with Gasteiger partial charge in [0.1, 0.15) is 0 Å². The van der Waals surface area contributed by atoms with Crippen molar-refractivity contribution in [2.75, 3.05) is 10.0 Å². The predicted molar refractivity (Wildman–Crippen MR) is 85.0 cm³/mol. The highest BCUT2D eigenvalue weighted by molar-refractivity contribution is 7.92. The van der Waals surface area contributed by atoms with Crippen LogP contribution in [0.2, 0.25) is 0 Å². The lowest BCUT2D eigenvalue weighted by Crippen LogP contribution is -2.14. The Labute approximate surface area is 129 Å². The van der Waals surface area contributed by atoms with Crippen LogP contribution in [0.5, 0.6) is 0 Å². The van der Waals surface area contributed by atoms with E-state index in [0.29, 0.717) is 11.4 Å². The summed E-state index contributed by atoms with van der Waals surface area (Å²) in [5, 5.41) is 2.81. The van der Waals surface area contributed by atoms with E-state index in [0.717, 1.165) is 12.8 Å². The Kier molecular flexibility index (Phi) is 3.85. The quantitative estimate of drug-likeness (QED) is 0.890. The van der Waals surface area contributed by atoms with Crippen LogP contribution in [0, 0.1) is 5.92 Å². The Balaban J connectivity index is 1.69. The molecule has 0 bridgehead atoms. The van der Waals surface area contributed by atoms with E-state index < -0.39 is 10.0 Å². The average Bonchev–Trinajstić information content (AvgIpc) is 3.35. The molecule has 0 aliphatic heterocycles. The van der Waals surface area contributed by atoms with Crippen LogP contribution in [0.15, 0.2) is 59.5 Å². The summed E-state index contributed by atoms with van der Waals surface area (Å²) in [4.78, 5) is 11.9. The molecule has 2 N–H and O–H groups in total. The molecule has 0 heterocycles. The largest absolute Gasteiger partial charge is 0.326 e. The zero-order valence-corrected chi connectivity index (χ0v) is 12.6. The molecule has 6 heteroatoms. The van der Waals surface area contributed by atoms with E-state index in [4.69, 9.17) is 0 Å². The maximum atomic E-state index is 12.2. The van der Waals surface area contributed by atoms with Gasteiger partial charge >= 0.3 is 0 Å². The number of anilines is 2. The van der Waals surface area contributed by atoms with Gasteiger partial charge in [0.2, 0.25) is 5.91 Å². The van der Waals surface area contributed by atoms with Gasteiger partial charge in [0.25, 0.3) is 10.0 Å². The fourth-order valence-corrected chi connectivity index (χ4v) is 3.10. The number of carbonyl (C=O) groups excluding carboxylic acids is 1. The van der Waals surface area contributed by atoms with Gasteiger partial charge in [-0.3, -0.25) is 9.52 Å². The molecule has 1 amide bonds. The topological polar surface area (TPSA) is 75.3 Å². The molecule has 0 unspecified atom stereocenters. The van der Waals surface area contributed by atoms with Gasteiger partial charge in [0.05, 0.1) is 4.90 Å². The molecule has 1 fully saturated rings. The van der Waals surface area contributed by atoms with Crippen LogP contribution < -0.4 is 10.0 Å². The Hall–Kier alpha value is -2.34. The van der Waals surface area contributed by atoms with Crippen molar-refractivity contribution in [2.45, 2.75) is 17.7 Å². The fourth-order valence-electron chi connectivity index (χ4n) is 2.03. The molecular weight excluding hydrogens is 300 g/mol. The minimum absolute atomic E-state index is 0.0256. The molecule has 0 spiro atoms. The van der Waals surface area contributed by atoms with Gasteiger partial charge in [-0.2, -0.15) is 0 Å². The second kappa shape index (κ2) is 5.81. The summed E-state index contributed by atoms with van der Waals surface area (Å²) >= 11 is 0. The van der Waals surface area contributed by atoms with Crippen LogP contribution in [0.1, 0.15) is 12.8 Å². The second-order valence-corrected chi connectivity index (χ2v) is 6.94. The fraction of sp³-hybridized carbons (Fsp3) is 0.188. The highest BCUT2D eigenvalue weighted by atomic mass is 32.2. The third-order valence-electron chi connectivity index (χ3n) is 3.41. The van der Waals surface area contributed by atoms with Crippen LogP contribution in [-0.4, -0.2) is 14.3 Å². The zero-order chi connectivity index (χ0) is 15.6. The summed E-state index contributed by atoms with van der Waals surface area (Å²) in [5.74, 6) is 0.161. The van der Waals surface area contributed by atoms with Crippen molar-refractivity contribution in [2.24, 2.45) is 5.92 Å². The van der Waals surface area contributed by atoms with Crippen molar-refractivity contribution in [3.05, 3.63) is 54.6 Å². The minimum Gasteiger partial charge on any atom is -0.326 e. The van der Waals surface area contributed by atoms with Gasteiger partial charge in [-0.15, -0.1) is 0 Å². The molecule has 0 saturated heterocycles. The van der Waals surface area contributed by atoms with E-state index in [-0.39, 0.29) is 16.7 Å². The van der Waals surface area contributed by atoms with E-state index in [2.05, 4.69) is 10.0 Å². The number of hydrogen-bond acceptors (Lipinski definition) is 3. The standard InChI is InChI=1S/C16H16N2O3S/c19-16(12-6-7-12)17-13-8-10-14(11-9-13)18-22(20,21)15-4-2-1-3-5-15/h1-5,8-12,18H,6-7H2,(H,17,19). The highest BCUT2D eigenvalue weighted by Gasteiger charge is 2.29. The number of rotatable bonds is 5. The third kappa shape index (κ3) is 3.46. The van der Waals surface area contributed by atoms with E-state index in [1.807, 2.05) is 0 Å². The SMILES string of the molecule is O=C(Nc1ccc(NS(=O)(=O)c2ccccc2)cc1)C1CC1. The van der Waals surface area contributed by atoms with Crippen molar-refractivity contribution in [1.29, 1.82) is 0 Å². The Bertz CT molecular complexity index is 767. The maximum Gasteiger partial charge on any atom is 0.261 e. The highest BCUT2D eigenvalue weighted by Crippen LogP contribution is 2.30. The molecule has 2 aromatic rings. The Morgan fingerprint density at radius 2 is 1.50 bits per heavy atom. The first-order chi connectivity index (χ1) is 10.5. The third-order valence-corrected chi connectivity index (χ3v) is 4.80. The summed E-state index contributed by atoms with van der Waals surface area (Å²) in [7, 11) is -3.59. The van der Waals surface area contributed by atoms with Gasteiger partial charge in [-0.05, 0) is 49.2 Å². The van der Waals surface area contributed by atoms with Gasteiger partial charge in [0.15, 0.2) is 0 Å². The van der Waals surface area contributed by atoms with Gasteiger partial charge in [-0.25, -0.2) is 8.42 Å². The van der Waals surface area contributed by atoms with Crippen LogP contribution >= 0.6 is 0 Å². The molecule has 114 valence electrons. The first-order valence-electron chi connectivity index (χ1n) is 7.03. The lowest BCUT2D eigenvalue weighted by atomic mass is 10.2. The first-order valence-corrected chi connectivity index (χ1v) is 8.52. The maximum absolute atomic E-state index is 12.2. The van der Waals surface area contributed by atoms with Crippen LogP contribution in [0.3, 0.4) is 0 Å². The summed E-state index contributed by atoms with van der Waals surface area (Å²) in [6.45, 7) is 0. The van der Waals surface area contributed by atoms with E-state index in [1.54, 1.807) is 42.5 Å². The minimum atomic E-state index is -3.59. The summed E-state index contributed by atoms with van der Waals surface area (Å²) < 4.78 is 26.9. The number of carbonyl (C=O) groups is 1. The molecular formula is C16H16N2O3S. The van der Waals surface area contributed by atoms with E-state index in [9.17, 15) is 13.2 Å². The predicted octanol–water partition coefficient (Wildman–Crippen LogP) is 2.84. The number of hydrogen-bond donors (Lipinski definition) is 2. The van der Waals surface area contributed by atoms with Crippen molar-refractivity contribution in [3.63, 3.8) is 0 Å². The second-order valence-electron chi connectivity index (χ2n) is 5.26. The van der Waals surface area contributed by atoms with E-state index in [1.165, 1.54) is 12.1 Å². The summed E-state index contributed by atoms with van der Waals surface area (Å²) in [5.41, 5.74) is 1.12. The molecule has 5 nitrogen and oxygen atoms in total. The molecule has 0 radical (unpaired) electrons. The zero-order valence-electron chi connectivity index (χ0n) is 11.8. The molecule has 3 rings (SSSR count). The molecule has 1 aliphatic carbocycles. The normalized spacial score (nSPS) is 14.4. The molecule has 1 aliphatic rings. The average molecular weight is 316 g/mol. The van der Waals surface area contributed by atoms with Crippen LogP contribution in [-0.2, 0) is 14.8 Å². The molecule has 1 saturated carbocycles. The van der Waals surface area contributed by atoms with Crippen molar-refractivity contribution in [1.82, 2.24) is 0 Å². The smallest absolute Gasteiger partial charge is 0.261 e. The molecule has 22 heavy (non-hydrogen) atoms. The molecule has 2 aromatic carbocycles. The van der Waals surface area contributed by atoms with Crippen molar-refractivity contribution in [3.8, 4) is 0 Å². The Morgan fingerprint density at radius 3 is 2.09 bits per heavy atom. The number of amides is 1. The summed E-state index contributed by atoms with van der Waals surface area (Å²) in [6.07, 6.45) is 1.89. The van der Waals surface area contributed by atoms with E-state index >= 15 is 0 Å². The van der Waals surface area contributed by atoms with Crippen molar-refractivity contribution < 1.29 is 13.2 Å². The van der Waals surface area contributed by atoms with Crippen molar-refractivity contribution >= 4 is 27.3 Å². The first kappa shape index (κ1) is 14.6. The lowest BCUT2D eigenvalue weighted by molar-refractivity contribution is -0.117.